The Hall–Kier alpha value is -3.05. The molecule has 2 aliphatic heterocycles. The second-order valence-corrected chi connectivity index (χ2v) is 14.4. The van der Waals surface area contributed by atoms with Crippen molar-refractivity contribution >= 4 is 17.9 Å². The summed E-state index contributed by atoms with van der Waals surface area (Å²) in [5.74, 6) is 0.363. The summed E-state index contributed by atoms with van der Waals surface area (Å²) < 4.78 is 23.1. The second kappa shape index (κ2) is 16.2. The van der Waals surface area contributed by atoms with Gasteiger partial charge in [0.2, 0.25) is 11.8 Å². The molecule has 1 saturated carbocycles. The molecule has 3 atom stereocenters. The molecule has 0 spiro atoms. The molecule has 1 unspecified atom stereocenters. The predicted octanol–water partition coefficient (Wildman–Crippen LogP) is 4.31. The first-order chi connectivity index (χ1) is 21.9. The van der Waals surface area contributed by atoms with E-state index in [4.69, 9.17) is 18.9 Å². The first-order valence-electron chi connectivity index (χ1n) is 17.0. The number of ether oxygens (including phenoxy) is 4. The van der Waals surface area contributed by atoms with Crippen LogP contribution in [0.3, 0.4) is 0 Å². The molecule has 0 radical (unpaired) electrons. The molecule has 1 aromatic rings. The fourth-order valence-electron chi connectivity index (χ4n) is 6.30. The summed E-state index contributed by atoms with van der Waals surface area (Å²) >= 11 is 0. The van der Waals surface area contributed by atoms with Gasteiger partial charge in [0.25, 0.3) is 0 Å². The van der Waals surface area contributed by atoms with Crippen LogP contribution in [-0.2, 0) is 32.0 Å². The number of methoxy groups -OCH3 is 1. The average molecular weight is 646 g/mol. The van der Waals surface area contributed by atoms with Crippen LogP contribution in [0.25, 0.3) is 0 Å². The van der Waals surface area contributed by atoms with Crippen molar-refractivity contribution in [3.63, 3.8) is 0 Å². The highest BCUT2D eigenvalue weighted by atomic mass is 16.6. The van der Waals surface area contributed by atoms with Gasteiger partial charge in [-0.05, 0) is 82.9 Å². The maximum atomic E-state index is 14.3. The minimum Gasteiger partial charge on any atom is -0.493 e. The number of nitrogens with one attached hydrogen (secondary N) is 1. The van der Waals surface area contributed by atoms with Crippen molar-refractivity contribution in [2.45, 2.75) is 104 Å². The zero-order valence-corrected chi connectivity index (χ0v) is 28.6. The summed E-state index contributed by atoms with van der Waals surface area (Å²) in [6, 6.07) is 3.76. The van der Waals surface area contributed by atoms with Gasteiger partial charge in [0.1, 0.15) is 17.1 Å². The summed E-state index contributed by atoms with van der Waals surface area (Å²) in [7, 11) is 1.67. The molecule has 2 heterocycles. The van der Waals surface area contributed by atoms with E-state index in [1.54, 1.807) is 27.9 Å². The van der Waals surface area contributed by atoms with Gasteiger partial charge in [-0.15, -0.1) is 0 Å². The van der Waals surface area contributed by atoms with E-state index in [9.17, 15) is 19.5 Å². The normalized spacial score (nSPS) is 20.4. The summed E-state index contributed by atoms with van der Waals surface area (Å²) in [4.78, 5) is 44.5. The molecule has 3 aliphatic rings. The van der Waals surface area contributed by atoms with Gasteiger partial charge in [0, 0.05) is 51.4 Å². The van der Waals surface area contributed by atoms with Crippen LogP contribution in [0, 0.1) is 17.8 Å². The zero-order valence-electron chi connectivity index (χ0n) is 28.6. The number of carbonyl (C=O) groups excluding carboxylic acids is 3. The fourth-order valence-corrected chi connectivity index (χ4v) is 6.30. The van der Waals surface area contributed by atoms with E-state index in [0.29, 0.717) is 39.2 Å². The molecule has 4 rings (SSSR count). The van der Waals surface area contributed by atoms with Gasteiger partial charge < -0.3 is 39.2 Å². The van der Waals surface area contributed by atoms with Crippen LogP contribution in [0.15, 0.2) is 12.1 Å². The third-order valence-electron chi connectivity index (χ3n) is 8.58. The number of piperidine rings is 1. The number of hydrogen-bond acceptors (Lipinski definition) is 8. The molecule has 3 amide bonds. The van der Waals surface area contributed by atoms with Crippen LogP contribution in [0.2, 0.25) is 0 Å². The molecular formula is C35H55N3O8. The molecular weight excluding hydrogens is 590 g/mol. The summed E-state index contributed by atoms with van der Waals surface area (Å²) in [5.41, 5.74) is 1.27. The number of benzene rings is 1. The number of aliphatic hydroxyl groups is 1. The van der Waals surface area contributed by atoms with Gasteiger partial charge in [-0.25, -0.2) is 4.79 Å². The molecule has 2 N–H and O–H groups in total. The van der Waals surface area contributed by atoms with E-state index < -0.39 is 29.6 Å². The van der Waals surface area contributed by atoms with Crippen molar-refractivity contribution in [2.75, 3.05) is 46.6 Å². The van der Waals surface area contributed by atoms with Crippen molar-refractivity contribution in [2.24, 2.45) is 17.8 Å². The summed E-state index contributed by atoms with van der Waals surface area (Å²) in [6.07, 6.45) is 4.79. The first kappa shape index (κ1) is 35.8. The quantitative estimate of drug-likeness (QED) is 0.287. The van der Waals surface area contributed by atoms with Crippen LogP contribution in [0.5, 0.6) is 11.5 Å². The van der Waals surface area contributed by atoms with Crippen LogP contribution < -0.4 is 14.8 Å². The van der Waals surface area contributed by atoms with Crippen LogP contribution in [-0.4, -0.2) is 97.1 Å². The van der Waals surface area contributed by atoms with Gasteiger partial charge >= 0.3 is 6.09 Å². The average Bonchev–Trinajstić information content (AvgIpc) is 3.85. The number of amides is 3. The lowest BCUT2D eigenvalue weighted by Crippen LogP contribution is -2.54. The molecule has 1 aromatic carbocycles. The Kier molecular flexibility index (Phi) is 12.6. The van der Waals surface area contributed by atoms with Crippen LogP contribution in [0.4, 0.5) is 4.79 Å². The maximum absolute atomic E-state index is 14.3. The van der Waals surface area contributed by atoms with Crippen molar-refractivity contribution in [1.82, 2.24) is 15.1 Å². The van der Waals surface area contributed by atoms with Gasteiger partial charge in [-0.3, -0.25) is 9.59 Å². The number of fused-ring (bicyclic) bond motifs is 1. The Morgan fingerprint density at radius 1 is 1.13 bits per heavy atom. The van der Waals surface area contributed by atoms with E-state index in [1.807, 2.05) is 30.9 Å². The van der Waals surface area contributed by atoms with E-state index in [-0.39, 0.29) is 43.5 Å². The topological polar surface area (TPSA) is 127 Å². The summed E-state index contributed by atoms with van der Waals surface area (Å²) in [6.45, 7) is 11.8. The van der Waals surface area contributed by atoms with Gasteiger partial charge in [-0.1, -0.05) is 13.8 Å². The minimum atomic E-state index is -0.719. The Labute approximate surface area is 274 Å². The van der Waals surface area contributed by atoms with Crippen molar-refractivity contribution in [1.29, 1.82) is 0 Å². The fraction of sp³-hybridized carbons (Fsp3) is 0.743. The molecule has 1 saturated heterocycles. The Balaban J connectivity index is 1.55. The molecule has 2 fully saturated rings. The smallest absolute Gasteiger partial charge is 0.410 e. The molecule has 0 bridgehead atoms. The number of rotatable bonds is 14. The molecule has 258 valence electrons. The highest BCUT2D eigenvalue weighted by molar-refractivity contribution is 5.84. The predicted molar refractivity (Wildman–Crippen MR) is 174 cm³/mol. The lowest BCUT2D eigenvalue weighted by atomic mass is 9.87. The minimum absolute atomic E-state index is 0.0735. The molecule has 0 aromatic heterocycles. The largest absolute Gasteiger partial charge is 0.493 e. The molecule has 11 nitrogen and oxygen atoms in total. The zero-order chi connectivity index (χ0) is 33.4. The summed E-state index contributed by atoms with van der Waals surface area (Å²) in [5, 5.41) is 12.9. The van der Waals surface area contributed by atoms with E-state index in [2.05, 4.69) is 5.32 Å². The maximum Gasteiger partial charge on any atom is 0.410 e. The second-order valence-electron chi connectivity index (χ2n) is 14.4. The van der Waals surface area contributed by atoms with E-state index in [1.165, 1.54) is 4.90 Å². The molecule has 11 heteroatoms. The lowest BCUT2D eigenvalue weighted by Gasteiger charge is -2.39. The third-order valence-corrected chi connectivity index (χ3v) is 8.58. The van der Waals surface area contributed by atoms with Gasteiger partial charge in [0.15, 0.2) is 0 Å². The van der Waals surface area contributed by atoms with Crippen molar-refractivity contribution in [3.05, 3.63) is 23.3 Å². The van der Waals surface area contributed by atoms with E-state index >= 15 is 0 Å². The number of carbonyl (C=O) groups is 3. The number of nitrogens with zero attached hydrogens (tertiary/aromatic N) is 2. The van der Waals surface area contributed by atoms with E-state index in [0.717, 1.165) is 54.7 Å². The van der Waals surface area contributed by atoms with Crippen molar-refractivity contribution < 1.29 is 38.4 Å². The first-order valence-corrected chi connectivity index (χ1v) is 17.0. The van der Waals surface area contributed by atoms with Gasteiger partial charge in [-0.2, -0.15) is 0 Å². The third kappa shape index (κ3) is 10.2. The lowest BCUT2D eigenvalue weighted by molar-refractivity contribution is -0.140. The molecule has 46 heavy (non-hydrogen) atoms. The molecule has 1 aliphatic carbocycles. The standard InChI is InChI=1S/C35H55N3O8/c1-23(2)15-27(22-39)36-32(40)25-18-26(21-37(20-25)34(42)46-35(3,4)5)33(41)38(28-10-11-28)19-24-16-30-29(9-7-13-44-30)31(17-24)45-14-8-12-43-6/h16-17,23,25-28,39H,7-15,18-22H2,1-6H3,(H,36,40)/t25-,26+,27?/m0/s1. The SMILES string of the molecule is COCCCOc1cc(CN(C(=O)[C@@H]2C[C@H](C(=O)NC(CO)CC(C)C)CN(C(=O)OC(C)(C)C)C2)C2CC2)cc2c1CCCO2. The van der Waals surface area contributed by atoms with Crippen LogP contribution >= 0.6 is 0 Å². The van der Waals surface area contributed by atoms with Gasteiger partial charge in [0.05, 0.1) is 37.7 Å². The number of likely N-dealkylation sites (tertiary alicyclic amines) is 1. The number of hydrogen-bond donors (Lipinski definition) is 2. The number of aliphatic hydroxyl groups excluding tert-OH is 1. The highest BCUT2D eigenvalue weighted by Gasteiger charge is 2.43. The Morgan fingerprint density at radius 2 is 1.87 bits per heavy atom. The Bertz CT molecular complexity index is 1200. The monoisotopic (exact) mass is 645 g/mol. The Morgan fingerprint density at radius 3 is 2.52 bits per heavy atom. The van der Waals surface area contributed by atoms with Crippen molar-refractivity contribution in [3.8, 4) is 11.5 Å². The van der Waals surface area contributed by atoms with Crippen LogP contribution in [0.1, 0.15) is 84.3 Å². The highest BCUT2D eigenvalue weighted by Crippen LogP contribution is 2.38.